The smallest absolute Gasteiger partial charge is 0.280 e. The van der Waals surface area contributed by atoms with E-state index in [-0.39, 0.29) is 36.7 Å². The third-order valence-electron chi connectivity index (χ3n) is 8.27. The lowest BCUT2D eigenvalue weighted by molar-refractivity contribution is 0.0795. The fraction of sp³-hybridized carbons (Fsp3) is 0.600. The highest BCUT2D eigenvalue weighted by atomic mass is 32.1. The average molecular weight is 568 g/mol. The maximum atomic E-state index is 13.5. The van der Waals surface area contributed by atoms with Gasteiger partial charge >= 0.3 is 0 Å². The molecule has 4 heterocycles. The number of amides is 1. The number of rotatable bonds is 9. The van der Waals surface area contributed by atoms with Crippen LogP contribution in [0, 0.1) is 11.3 Å². The van der Waals surface area contributed by atoms with E-state index in [0.717, 1.165) is 73.3 Å². The summed E-state index contributed by atoms with van der Waals surface area (Å²) < 4.78 is 5.41. The zero-order valence-corrected chi connectivity index (χ0v) is 24.5. The Morgan fingerprint density at radius 1 is 1.23 bits per heavy atom. The number of piperidine rings is 1. The number of carbonyl (C=O) groups excluding carboxylic acids is 1. The minimum absolute atomic E-state index is 0.0795. The quantitative estimate of drug-likeness (QED) is 0.356. The van der Waals surface area contributed by atoms with Crippen LogP contribution >= 0.6 is 11.3 Å². The van der Waals surface area contributed by atoms with E-state index >= 15 is 0 Å². The van der Waals surface area contributed by atoms with Crippen LogP contribution in [0.5, 0.6) is 5.88 Å². The van der Waals surface area contributed by atoms with Gasteiger partial charge < -0.3 is 25.2 Å². The van der Waals surface area contributed by atoms with Crippen LogP contribution in [0.15, 0.2) is 24.4 Å². The Balaban J connectivity index is 1.32. The van der Waals surface area contributed by atoms with Crippen molar-refractivity contribution in [2.75, 3.05) is 32.8 Å². The fourth-order valence-electron chi connectivity index (χ4n) is 5.68. The van der Waals surface area contributed by atoms with Gasteiger partial charge in [0.15, 0.2) is 5.01 Å². The Kier molecular flexibility index (Phi) is 8.99. The van der Waals surface area contributed by atoms with Crippen molar-refractivity contribution in [1.82, 2.24) is 25.2 Å². The second-order valence-corrected chi connectivity index (χ2v) is 13.1. The number of hydrogen-bond acceptors (Lipinski definition) is 9. The van der Waals surface area contributed by atoms with E-state index in [9.17, 15) is 9.90 Å². The van der Waals surface area contributed by atoms with Gasteiger partial charge in [-0.05, 0) is 67.1 Å². The number of aliphatic hydroxyl groups excluding tert-OH is 2. The molecule has 10 heteroatoms. The Hall–Kier alpha value is -2.66. The second kappa shape index (κ2) is 12.5. The number of ether oxygens (including phenoxy) is 1. The third kappa shape index (κ3) is 6.97. The highest BCUT2D eigenvalue weighted by Crippen LogP contribution is 2.38. The highest BCUT2D eigenvalue weighted by Gasteiger charge is 2.30. The first-order chi connectivity index (χ1) is 19.2. The largest absolute Gasteiger partial charge is 0.475 e. The summed E-state index contributed by atoms with van der Waals surface area (Å²) in [6.07, 6.45) is 6.85. The van der Waals surface area contributed by atoms with Gasteiger partial charge in [0, 0.05) is 37.6 Å². The van der Waals surface area contributed by atoms with E-state index in [4.69, 9.17) is 19.8 Å². The molecular formula is C30H41N5O4S. The molecule has 0 saturated carbocycles. The molecule has 0 aromatic carbocycles. The summed E-state index contributed by atoms with van der Waals surface area (Å²) in [6.45, 7) is 9.49. The second-order valence-electron chi connectivity index (χ2n) is 12.1. The number of aromatic nitrogens is 3. The van der Waals surface area contributed by atoms with Crippen molar-refractivity contribution in [3.63, 3.8) is 0 Å². The Morgan fingerprint density at radius 2 is 2.02 bits per heavy atom. The van der Waals surface area contributed by atoms with Crippen molar-refractivity contribution in [2.45, 2.75) is 71.4 Å². The van der Waals surface area contributed by atoms with Crippen molar-refractivity contribution in [1.29, 1.82) is 0 Å². The standard InChI is InChI=1S/C30H41N5O4S/c1-30(2,3)21-5-6-23-20(16-21)17-25-28(33-23)40-29(34-25)27(38)32-24(10-13-35-11-8-22(37)9-12-35)19-4-7-26(31-18-19)39-15-14-36/h4,7,17-18,21-22,24,36-37H,5-6,8-16H2,1-3H3,(H,32,38)/t21-,24?/m0/s1. The van der Waals surface area contributed by atoms with Crippen LogP contribution < -0.4 is 10.1 Å². The van der Waals surface area contributed by atoms with Gasteiger partial charge in [0.1, 0.15) is 17.0 Å². The maximum absolute atomic E-state index is 13.5. The molecule has 3 aromatic heterocycles. The van der Waals surface area contributed by atoms with Gasteiger partial charge in [0.2, 0.25) is 5.88 Å². The molecule has 0 radical (unpaired) electrons. The lowest BCUT2D eigenvalue weighted by atomic mass is 9.71. The predicted molar refractivity (Wildman–Crippen MR) is 156 cm³/mol. The number of thiazole rings is 1. The topological polar surface area (TPSA) is 121 Å². The zero-order chi connectivity index (χ0) is 28.3. The molecule has 1 aliphatic carbocycles. The zero-order valence-electron chi connectivity index (χ0n) is 23.7. The normalized spacial score (nSPS) is 19.4. The van der Waals surface area contributed by atoms with Crippen LogP contribution in [-0.2, 0) is 12.8 Å². The summed E-state index contributed by atoms with van der Waals surface area (Å²) >= 11 is 1.35. The van der Waals surface area contributed by atoms with Gasteiger partial charge in [-0.2, -0.15) is 0 Å². The molecule has 5 rings (SSSR count). The summed E-state index contributed by atoms with van der Waals surface area (Å²) in [5, 5.41) is 22.5. The summed E-state index contributed by atoms with van der Waals surface area (Å²) in [7, 11) is 0. The Morgan fingerprint density at radius 3 is 2.73 bits per heavy atom. The number of likely N-dealkylation sites (tertiary alicyclic amines) is 1. The van der Waals surface area contributed by atoms with E-state index in [1.54, 1.807) is 12.3 Å². The minimum Gasteiger partial charge on any atom is -0.475 e. The molecule has 1 aliphatic heterocycles. The molecule has 3 N–H and O–H groups in total. The average Bonchev–Trinajstić information content (AvgIpc) is 3.36. The summed E-state index contributed by atoms with van der Waals surface area (Å²) in [5.41, 5.74) is 4.32. The number of aliphatic hydroxyl groups is 2. The summed E-state index contributed by atoms with van der Waals surface area (Å²) in [5.74, 6) is 0.828. The van der Waals surface area contributed by atoms with Gasteiger partial charge in [0.25, 0.3) is 5.91 Å². The fourth-order valence-corrected chi connectivity index (χ4v) is 6.52. The SMILES string of the molecule is CC(C)(C)[C@H]1CCc2nc3sc(C(=O)NC(CCN4CCC(O)CC4)c4ccc(OCCO)nc4)nc3cc2C1. The van der Waals surface area contributed by atoms with Gasteiger partial charge in [-0.15, -0.1) is 0 Å². The Labute approximate surface area is 240 Å². The number of aryl methyl sites for hydroxylation is 1. The molecule has 0 bridgehead atoms. The molecule has 1 saturated heterocycles. The van der Waals surface area contributed by atoms with Crippen LogP contribution in [0.2, 0.25) is 0 Å². The number of fused-ring (bicyclic) bond motifs is 2. The van der Waals surface area contributed by atoms with Crippen molar-refractivity contribution in [3.05, 3.63) is 46.2 Å². The van der Waals surface area contributed by atoms with Crippen molar-refractivity contribution < 1.29 is 19.7 Å². The van der Waals surface area contributed by atoms with Crippen molar-refractivity contribution in [2.24, 2.45) is 11.3 Å². The highest BCUT2D eigenvalue weighted by molar-refractivity contribution is 7.19. The number of hydrogen-bond donors (Lipinski definition) is 3. The van der Waals surface area contributed by atoms with Crippen LogP contribution in [0.3, 0.4) is 0 Å². The maximum Gasteiger partial charge on any atom is 0.280 e. The van der Waals surface area contributed by atoms with E-state index in [0.29, 0.717) is 23.2 Å². The number of carbonyl (C=O) groups is 1. The van der Waals surface area contributed by atoms with Crippen LogP contribution in [-0.4, -0.2) is 74.9 Å². The predicted octanol–water partition coefficient (Wildman–Crippen LogP) is 3.93. The lowest BCUT2D eigenvalue weighted by Gasteiger charge is -2.34. The van der Waals surface area contributed by atoms with Crippen molar-refractivity contribution >= 4 is 27.6 Å². The van der Waals surface area contributed by atoms with E-state index in [1.807, 2.05) is 6.07 Å². The van der Waals surface area contributed by atoms with E-state index < -0.39 is 0 Å². The molecule has 40 heavy (non-hydrogen) atoms. The van der Waals surface area contributed by atoms with Gasteiger partial charge in [-0.25, -0.2) is 15.0 Å². The third-order valence-corrected chi connectivity index (χ3v) is 9.23. The molecule has 3 aromatic rings. The summed E-state index contributed by atoms with van der Waals surface area (Å²) in [6, 6.07) is 5.54. The first kappa shape index (κ1) is 28.9. The lowest BCUT2D eigenvalue weighted by Crippen LogP contribution is -2.38. The number of pyridine rings is 2. The van der Waals surface area contributed by atoms with Gasteiger partial charge in [-0.3, -0.25) is 4.79 Å². The molecule has 0 spiro atoms. The molecule has 2 aliphatic rings. The van der Waals surface area contributed by atoms with E-state index in [2.05, 4.69) is 42.0 Å². The van der Waals surface area contributed by atoms with Crippen LogP contribution in [0.25, 0.3) is 10.3 Å². The molecule has 216 valence electrons. The molecule has 2 atom stereocenters. The molecule has 1 fully saturated rings. The Bertz CT molecular complexity index is 1300. The van der Waals surface area contributed by atoms with E-state index in [1.165, 1.54) is 16.9 Å². The molecular weight excluding hydrogens is 526 g/mol. The minimum atomic E-state index is -0.264. The van der Waals surface area contributed by atoms with Crippen molar-refractivity contribution in [3.8, 4) is 5.88 Å². The van der Waals surface area contributed by atoms with Gasteiger partial charge in [0.05, 0.1) is 18.8 Å². The monoisotopic (exact) mass is 567 g/mol. The van der Waals surface area contributed by atoms with Gasteiger partial charge in [-0.1, -0.05) is 38.2 Å². The van der Waals surface area contributed by atoms with Crippen LogP contribution in [0.4, 0.5) is 0 Å². The van der Waals surface area contributed by atoms with Crippen LogP contribution in [0.1, 0.15) is 79.1 Å². The molecule has 1 amide bonds. The number of nitrogens with zero attached hydrogens (tertiary/aromatic N) is 4. The first-order valence-electron chi connectivity index (χ1n) is 14.4. The molecule has 9 nitrogen and oxygen atoms in total. The first-order valence-corrected chi connectivity index (χ1v) is 15.2. The molecule has 1 unspecified atom stereocenters. The summed E-state index contributed by atoms with van der Waals surface area (Å²) in [4.78, 5) is 30.6. The number of nitrogens with one attached hydrogen (secondary N) is 1.